The maximum absolute atomic E-state index is 19.6. The first-order valence-electron chi connectivity index (χ1n) is 55.2. The number of cyclic esters (lactones) is 2. The van der Waals surface area contributed by atoms with E-state index < -0.39 is 68.9 Å². The Morgan fingerprint density at radius 3 is 0.822 bits per heavy atom. The minimum absolute atomic E-state index is 0.0130. The third-order valence-electron chi connectivity index (χ3n) is 40.9. The molecule has 2 fully saturated rings. The molecule has 10 aliphatic rings. The van der Waals surface area contributed by atoms with Crippen molar-refractivity contribution in [2.24, 2.45) is 16.6 Å². The first-order chi connectivity index (χ1) is 72.0. The zero-order valence-electron chi connectivity index (χ0n) is 82.0. The Labute approximate surface area is 832 Å². The second kappa shape index (κ2) is 25.2. The van der Waals surface area contributed by atoms with Crippen LogP contribution in [0.2, 0.25) is 0 Å². The standard InChI is InChI=1S/C130H97NO15/c1-5-9-13-17-21-25-33-137-60-40-57(41-61(44-60)138-34-26-22-18-14-10-6-2)50-145-123(135)129-121(133)143-48-55-37-56(39-59(38-55)141-52-64(132)142-47-54-31-29-53(46-131)30-32-54)49-144-122(134)130(124(136)146-51-58-42-62(139-35-27-23-19-15-11-7-3)45-63(43-58)140-36-28-24-20-16-12-8-4)126-115-104-94-84-74-68-65-66-71-77-73-67(65)69-70(68)76-82-81-75(69)85-83(73)93-87(77)97-89-79(71)80-72(66)78(74)88(94)98-90(80)100-99(89)109-107(97)114-103(93)105-95(85)91(81)101-102-92(82)96(86(76)84)106(104)117(126)112(102)113-111(101)116(105)125(114,129)127(129)118(109)119(110(100)108(98)115)128(126,130)120(113)127/h29-32,37-45H,5-28,33-36,46-52,131H2,1-4H3. The summed E-state index contributed by atoms with van der Waals surface area (Å²) in [5, 5.41) is 60.7. The van der Waals surface area contributed by atoms with Crippen LogP contribution in [0.1, 0.15) is 249 Å². The van der Waals surface area contributed by atoms with Crippen LogP contribution in [0.25, 0.3) is 264 Å². The highest BCUT2D eigenvalue weighted by Crippen LogP contribution is 3.05. The number of carbonyl (C=O) groups is 5. The third-order valence-corrected chi connectivity index (χ3v) is 40.9. The summed E-state index contributed by atoms with van der Waals surface area (Å²) in [6, 6.07) is 24.9. The number of esters is 5. The number of rotatable bonds is 44. The van der Waals surface area contributed by atoms with Gasteiger partial charge in [0.05, 0.1) is 48.1 Å². The van der Waals surface area contributed by atoms with E-state index in [9.17, 15) is 4.79 Å². The number of benzene rings is 20. The molecule has 2 saturated carbocycles. The average molecular weight is 1910 g/mol. The lowest BCUT2D eigenvalue weighted by atomic mass is 9.65. The maximum Gasteiger partial charge on any atom is 0.344 e. The van der Waals surface area contributed by atoms with Crippen molar-refractivity contribution in [3.63, 3.8) is 0 Å². The van der Waals surface area contributed by atoms with Crippen molar-refractivity contribution >= 4 is 294 Å². The van der Waals surface area contributed by atoms with Gasteiger partial charge in [0.15, 0.2) is 17.4 Å². The van der Waals surface area contributed by atoms with Crippen molar-refractivity contribution in [3.8, 4) is 28.7 Å². The molecule has 712 valence electrons. The van der Waals surface area contributed by atoms with E-state index in [0.29, 0.717) is 78.2 Å². The summed E-state index contributed by atoms with van der Waals surface area (Å²) >= 11 is 0. The molecule has 0 aromatic heterocycles. The Morgan fingerprint density at radius 2 is 0.521 bits per heavy atom. The molecule has 6 unspecified atom stereocenters. The molecule has 4 spiro atoms. The molecule has 0 saturated heterocycles. The maximum atomic E-state index is 19.6. The van der Waals surface area contributed by atoms with E-state index in [1.807, 2.05) is 66.7 Å². The summed E-state index contributed by atoms with van der Waals surface area (Å²) < 4.78 is 71.0. The van der Waals surface area contributed by atoms with Crippen LogP contribution in [-0.2, 0) is 109 Å². The molecule has 2 N–H and O–H groups in total. The number of nitrogens with two attached hydrogens (primary N) is 1. The highest BCUT2D eigenvalue weighted by Gasteiger charge is 3.12. The smallest absolute Gasteiger partial charge is 0.344 e. The molecule has 0 radical (unpaired) electrons. The number of hydrogen-bond acceptors (Lipinski definition) is 16. The Bertz CT molecular complexity index is 10200. The number of hydrogen-bond donors (Lipinski definition) is 1. The zero-order chi connectivity index (χ0) is 95.6. The predicted octanol–water partition coefficient (Wildman–Crippen LogP) is 28.9. The van der Waals surface area contributed by atoms with Gasteiger partial charge in [-0.1, -0.05) is 180 Å². The second-order valence-corrected chi connectivity index (χ2v) is 46.8. The van der Waals surface area contributed by atoms with Crippen LogP contribution in [0.15, 0.2) is 78.9 Å². The molecule has 9 aliphatic carbocycles. The summed E-state index contributed by atoms with van der Waals surface area (Å²) in [6.07, 6.45) is 26.1. The second-order valence-electron chi connectivity index (χ2n) is 46.8. The molecule has 1 aliphatic heterocycles. The van der Waals surface area contributed by atoms with Gasteiger partial charge in [0.2, 0.25) is 0 Å². The lowest BCUT2D eigenvalue weighted by Gasteiger charge is -2.35. The molecule has 0 amide bonds. The normalized spacial score (nSPS) is 21.7. The lowest BCUT2D eigenvalue weighted by molar-refractivity contribution is -0.169. The van der Waals surface area contributed by atoms with Crippen LogP contribution in [0.5, 0.6) is 28.7 Å². The van der Waals surface area contributed by atoms with E-state index in [0.717, 1.165) is 233 Å². The Morgan fingerprint density at radius 1 is 0.267 bits per heavy atom. The summed E-state index contributed by atoms with van der Waals surface area (Å²) in [6.45, 7) is 9.43. The molecule has 6 atom stereocenters. The Hall–Kier alpha value is -14.1. The molecule has 39 rings (SSSR count). The fourth-order valence-corrected chi connectivity index (χ4v) is 37.2. The number of carbonyl (C=O) groups excluding carboxylic acids is 5. The average Bonchev–Trinajstić information content (AvgIpc) is 1.33. The van der Waals surface area contributed by atoms with Gasteiger partial charge in [0.25, 0.3) is 0 Å². The fourth-order valence-electron chi connectivity index (χ4n) is 37.2. The Balaban J connectivity index is 0.629. The van der Waals surface area contributed by atoms with Crippen LogP contribution >= 0.6 is 0 Å². The zero-order valence-corrected chi connectivity index (χ0v) is 82.0. The first-order valence-corrected chi connectivity index (χ1v) is 55.2. The van der Waals surface area contributed by atoms with Gasteiger partial charge < -0.3 is 53.1 Å². The van der Waals surface area contributed by atoms with Gasteiger partial charge in [-0.25, -0.2) is 4.79 Å². The fraction of sp³-hybridized carbons (Fsp3) is 0.346. The highest BCUT2D eigenvalue weighted by atomic mass is 16.6. The van der Waals surface area contributed by atoms with Crippen LogP contribution < -0.4 is 34.6 Å². The first kappa shape index (κ1) is 79.2. The SMILES string of the molecule is CCCCCCCCOc1cc(COC(=O)C23C(=O)OCc4cc(cc(OCC(=O)OCc5ccc(CN)cc5)c4)COC(=O)C4(C(=O)OCc5cc(OCCCCCCCC)cc(OCCCCCCCC)c5)C56C7=c8c9c%10c%11c%12c%13c%14c%15c(c5c5c%16c%17c%18c%19c(c8c8c9c9c%11c%11c%20c%12c%12c%14c%14c%15c5c5c%16c%15c%18c%16c%18c%19c8c8c9c%11c9c(c%188)c8c%16c%15c%11c5c%14c5c%12c%20c9c8c5%11)C%1746)C72C%10%133)cc(OCCCCCCCC)c1. The largest absolute Gasteiger partial charge is 0.493 e. The van der Waals surface area contributed by atoms with E-state index >= 15 is 19.2 Å². The summed E-state index contributed by atoms with van der Waals surface area (Å²) in [7, 11) is 0. The van der Waals surface area contributed by atoms with Crippen LogP contribution in [-0.4, -0.2) is 62.9 Å². The number of unbranched alkanes of at least 4 members (excludes halogenated alkanes) is 20. The van der Waals surface area contributed by atoms with Crippen molar-refractivity contribution in [1.29, 1.82) is 0 Å². The summed E-state index contributed by atoms with van der Waals surface area (Å²) in [4.78, 5) is 92.4. The van der Waals surface area contributed by atoms with Crippen LogP contribution in [0.4, 0.5) is 0 Å². The summed E-state index contributed by atoms with van der Waals surface area (Å²) in [5.41, 5.74) is 4.33. The molecule has 29 aromatic rings. The van der Waals surface area contributed by atoms with E-state index in [-0.39, 0.29) is 38.8 Å². The van der Waals surface area contributed by atoms with Gasteiger partial charge in [0.1, 0.15) is 61.8 Å². The molecule has 16 nitrogen and oxygen atoms in total. The van der Waals surface area contributed by atoms with Gasteiger partial charge in [-0.15, -0.1) is 0 Å². The molecule has 146 heavy (non-hydrogen) atoms. The molecular weight excluding hydrogens is 1820 g/mol. The number of ether oxygens (including phenoxy) is 10. The quantitative estimate of drug-likeness (QED) is 0.0124. The van der Waals surface area contributed by atoms with E-state index in [1.54, 1.807) is 12.1 Å². The molecule has 1 heterocycles. The molecule has 29 aromatic carbocycles. The van der Waals surface area contributed by atoms with Crippen molar-refractivity contribution < 1.29 is 71.3 Å². The highest BCUT2D eigenvalue weighted by molar-refractivity contribution is 6.80. The monoisotopic (exact) mass is 1910 g/mol. The third kappa shape index (κ3) is 7.35. The minimum atomic E-state index is -2.41. The topological polar surface area (TPSA) is 204 Å². The van der Waals surface area contributed by atoms with Gasteiger partial charge in [0, 0.05) is 18.7 Å². The van der Waals surface area contributed by atoms with Crippen LogP contribution in [0, 0.1) is 10.8 Å². The van der Waals surface area contributed by atoms with Crippen LogP contribution in [0.3, 0.4) is 0 Å². The molecule has 4 bridgehead atoms. The summed E-state index contributed by atoms with van der Waals surface area (Å²) in [5.74, 6) is -0.994. The number of fused-ring (bicyclic) bond motifs is 2. The minimum Gasteiger partial charge on any atom is -0.493 e. The van der Waals surface area contributed by atoms with Crippen molar-refractivity contribution in [2.75, 3.05) is 33.0 Å². The molecular formula is C130H97NO15. The van der Waals surface area contributed by atoms with Gasteiger partial charge >= 0.3 is 29.8 Å². The molecule has 16 heteroatoms. The predicted molar refractivity (Wildman–Crippen MR) is 576 cm³/mol. The van der Waals surface area contributed by atoms with E-state index in [4.69, 9.17) is 53.1 Å². The van der Waals surface area contributed by atoms with Gasteiger partial charge in [-0.2, -0.15) is 0 Å². The van der Waals surface area contributed by atoms with E-state index in [2.05, 4.69) is 27.7 Å². The van der Waals surface area contributed by atoms with Gasteiger partial charge in [-0.3, -0.25) is 19.2 Å². The van der Waals surface area contributed by atoms with E-state index in [1.165, 1.54) is 234 Å². The van der Waals surface area contributed by atoms with Crippen molar-refractivity contribution in [2.45, 2.75) is 243 Å². The lowest BCUT2D eigenvalue weighted by Crippen LogP contribution is -2.41. The Kier molecular flexibility index (Phi) is 13.7. The van der Waals surface area contributed by atoms with Crippen molar-refractivity contribution in [1.82, 2.24) is 0 Å². The van der Waals surface area contributed by atoms with Gasteiger partial charge in [-0.05, 0) is 404 Å². The van der Waals surface area contributed by atoms with Crippen molar-refractivity contribution in [3.05, 3.63) is 151 Å².